The van der Waals surface area contributed by atoms with Crippen molar-refractivity contribution in [3.63, 3.8) is 0 Å². The van der Waals surface area contributed by atoms with Crippen molar-refractivity contribution in [2.75, 3.05) is 5.32 Å². The molecule has 0 radical (unpaired) electrons. The van der Waals surface area contributed by atoms with Crippen LogP contribution in [0.15, 0.2) is 53.1 Å². The molecule has 1 N–H and O–H groups in total. The van der Waals surface area contributed by atoms with E-state index in [1.807, 2.05) is 55.5 Å². The monoisotopic (exact) mass is 335 g/mol. The number of rotatable bonds is 6. The Morgan fingerprint density at radius 1 is 1.04 bits per heavy atom. The molecule has 5 heteroatoms. The van der Waals surface area contributed by atoms with Crippen LogP contribution in [0, 0.1) is 6.92 Å². The number of carbonyl (C=O) groups excluding carboxylic acids is 1. The molecule has 2 aromatic carbocycles. The van der Waals surface area contributed by atoms with Gasteiger partial charge in [-0.3, -0.25) is 4.79 Å². The summed E-state index contributed by atoms with van der Waals surface area (Å²) in [5.74, 6) is 1.06. The summed E-state index contributed by atoms with van der Waals surface area (Å²) in [7, 11) is 0. The maximum absolute atomic E-state index is 11.8. The van der Waals surface area contributed by atoms with Gasteiger partial charge in [0, 0.05) is 23.2 Å². The van der Waals surface area contributed by atoms with Crippen molar-refractivity contribution in [2.24, 2.45) is 0 Å². The molecule has 0 saturated carbocycles. The van der Waals surface area contributed by atoms with E-state index in [-0.39, 0.29) is 5.91 Å². The number of aromatic nitrogens is 2. The molecule has 0 aliphatic rings. The van der Waals surface area contributed by atoms with Gasteiger partial charge in [0.2, 0.25) is 11.7 Å². The van der Waals surface area contributed by atoms with Crippen LogP contribution in [0.25, 0.3) is 22.8 Å². The van der Waals surface area contributed by atoms with Crippen LogP contribution >= 0.6 is 0 Å². The van der Waals surface area contributed by atoms with Gasteiger partial charge in [-0.2, -0.15) is 4.98 Å². The zero-order chi connectivity index (χ0) is 17.6. The highest BCUT2D eigenvalue weighted by molar-refractivity contribution is 5.90. The summed E-state index contributed by atoms with van der Waals surface area (Å²) >= 11 is 0. The van der Waals surface area contributed by atoms with E-state index >= 15 is 0 Å². The highest BCUT2D eigenvalue weighted by atomic mass is 16.5. The molecule has 0 atom stereocenters. The van der Waals surface area contributed by atoms with E-state index in [4.69, 9.17) is 4.52 Å². The van der Waals surface area contributed by atoms with Crippen molar-refractivity contribution in [3.05, 3.63) is 54.1 Å². The van der Waals surface area contributed by atoms with Gasteiger partial charge >= 0.3 is 0 Å². The number of nitrogens with one attached hydrogen (secondary N) is 1. The number of amides is 1. The van der Waals surface area contributed by atoms with Crippen molar-refractivity contribution in [2.45, 2.75) is 33.1 Å². The highest BCUT2D eigenvalue weighted by Crippen LogP contribution is 2.23. The Balaban J connectivity index is 1.70. The predicted octanol–water partition coefficient (Wildman–Crippen LogP) is 4.84. The summed E-state index contributed by atoms with van der Waals surface area (Å²) in [5, 5.41) is 6.93. The molecular formula is C20H21N3O2. The lowest BCUT2D eigenvalue weighted by Gasteiger charge is -2.04. The molecule has 0 aliphatic carbocycles. The first-order valence-corrected chi connectivity index (χ1v) is 8.47. The van der Waals surface area contributed by atoms with Gasteiger partial charge in [-0.15, -0.1) is 0 Å². The molecular weight excluding hydrogens is 314 g/mol. The average Bonchev–Trinajstić information content (AvgIpc) is 3.11. The van der Waals surface area contributed by atoms with Crippen LogP contribution in [0.2, 0.25) is 0 Å². The van der Waals surface area contributed by atoms with Gasteiger partial charge in [-0.25, -0.2) is 0 Å². The number of aryl methyl sites for hydroxylation is 1. The van der Waals surface area contributed by atoms with Crippen LogP contribution in [-0.2, 0) is 4.79 Å². The predicted molar refractivity (Wildman–Crippen MR) is 98.1 cm³/mol. The first kappa shape index (κ1) is 16.9. The van der Waals surface area contributed by atoms with Crippen molar-refractivity contribution < 1.29 is 9.32 Å². The van der Waals surface area contributed by atoms with Crippen LogP contribution in [0.5, 0.6) is 0 Å². The number of unbranched alkanes of at least 4 members (excludes halogenated alkanes) is 1. The Hall–Kier alpha value is -2.95. The Labute approximate surface area is 147 Å². The number of hydrogen-bond donors (Lipinski definition) is 1. The molecule has 1 aromatic heterocycles. The van der Waals surface area contributed by atoms with Crippen LogP contribution in [-0.4, -0.2) is 16.0 Å². The fourth-order valence-electron chi connectivity index (χ4n) is 2.42. The molecule has 0 bridgehead atoms. The van der Waals surface area contributed by atoms with Crippen LogP contribution < -0.4 is 5.32 Å². The van der Waals surface area contributed by atoms with Gasteiger partial charge in [0.15, 0.2) is 0 Å². The van der Waals surface area contributed by atoms with Crippen molar-refractivity contribution in [1.82, 2.24) is 10.1 Å². The first-order valence-electron chi connectivity index (χ1n) is 8.47. The first-order chi connectivity index (χ1) is 12.2. The standard InChI is InChI=1S/C20H21N3O2/c1-3-4-5-18(24)21-17-12-10-16(11-13-17)20-22-19(23-25-20)15-8-6-14(2)7-9-15/h6-13H,3-5H2,1-2H3,(H,21,24). The molecule has 0 fully saturated rings. The maximum Gasteiger partial charge on any atom is 0.258 e. The van der Waals surface area contributed by atoms with Crippen molar-refractivity contribution >= 4 is 11.6 Å². The van der Waals surface area contributed by atoms with E-state index in [0.717, 1.165) is 29.7 Å². The smallest absolute Gasteiger partial charge is 0.258 e. The Kier molecular flexibility index (Phi) is 5.23. The fourth-order valence-corrected chi connectivity index (χ4v) is 2.42. The Bertz CT molecular complexity index is 836. The topological polar surface area (TPSA) is 68.0 Å². The molecule has 1 heterocycles. The molecule has 3 aromatic rings. The number of benzene rings is 2. The quantitative estimate of drug-likeness (QED) is 0.700. The van der Waals surface area contributed by atoms with Gasteiger partial charge in [0.05, 0.1) is 0 Å². The summed E-state index contributed by atoms with van der Waals surface area (Å²) in [6, 6.07) is 15.4. The van der Waals surface area contributed by atoms with E-state index in [1.165, 1.54) is 5.56 Å². The van der Waals surface area contributed by atoms with E-state index in [0.29, 0.717) is 18.1 Å². The zero-order valence-electron chi connectivity index (χ0n) is 14.5. The molecule has 0 saturated heterocycles. The Morgan fingerprint density at radius 2 is 1.72 bits per heavy atom. The van der Waals surface area contributed by atoms with E-state index in [1.54, 1.807) is 0 Å². The summed E-state index contributed by atoms with van der Waals surface area (Å²) < 4.78 is 5.36. The second-order valence-electron chi connectivity index (χ2n) is 6.02. The lowest BCUT2D eigenvalue weighted by Crippen LogP contribution is -2.10. The SMILES string of the molecule is CCCCC(=O)Nc1ccc(-c2nc(-c3ccc(C)cc3)no2)cc1. The van der Waals surface area contributed by atoms with Crippen LogP contribution in [0.3, 0.4) is 0 Å². The van der Waals surface area contributed by atoms with Crippen LogP contribution in [0.1, 0.15) is 31.7 Å². The highest BCUT2D eigenvalue weighted by Gasteiger charge is 2.11. The summed E-state index contributed by atoms with van der Waals surface area (Å²) in [6.07, 6.45) is 2.45. The second-order valence-corrected chi connectivity index (χ2v) is 6.02. The summed E-state index contributed by atoms with van der Waals surface area (Å²) in [5.41, 5.74) is 3.69. The van der Waals surface area contributed by atoms with E-state index < -0.39 is 0 Å². The minimum atomic E-state index is 0.0362. The molecule has 0 aliphatic heterocycles. The van der Waals surface area contributed by atoms with Gasteiger partial charge in [0.1, 0.15) is 0 Å². The lowest BCUT2D eigenvalue weighted by atomic mass is 10.1. The van der Waals surface area contributed by atoms with Gasteiger partial charge in [-0.1, -0.05) is 48.3 Å². The normalized spacial score (nSPS) is 10.6. The molecule has 1 amide bonds. The summed E-state index contributed by atoms with van der Waals surface area (Å²) in [4.78, 5) is 16.2. The number of hydrogen-bond acceptors (Lipinski definition) is 4. The van der Waals surface area contributed by atoms with Gasteiger partial charge in [-0.05, 0) is 37.6 Å². The van der Waals surface area contributed by atoms with Crippen LogP contribution in [0.4, 0.5) is 5.69 Å². The largest absolute Gasteiger partial charge is 0.334 e. The van der Waals surface area contributed by atoms with E-state index in [2.05, 4.69) is 22.4 Å². The molecule has 25 heavy (non-hydrogen) atoms. The minimum Gasteiger partial charge on any atom is -0.334 e. The van der Waals surface area contributed by atoms with Gasteiger partial charge < -0.3 is 9.84 Å². The maximum atomic E-state index is 11.8. The Morgan fingerprint density at radius 3 is 2.40 bits per heavy atom. The third-order valence-electron chi connectivity index (χ3n) is 3.91. The average molecular weight is 335 g/mol. The number of nitrogens with zero attached hydrogens (tertiary/aromatic N) is 2. The van der Waals surface area contributed by atoms with E-state index in [9.17, 15) is 4.79 Å². The lowest BCUT2D eigenvalue weighted by molar-refractivity contribution is -0.116. The molecule has 0 spiro atoms. The minimum absolute atomic E-state index is 0.0362. The molecule has 128 valence electrons. The molecule has 0 unspecified atom stereocenters. The van der Waals surface area contributed by atoms with Crippen molar-refractivity contribution in [3.8, 4) is 22.8 Å². The molecule has 5 nitrogen and oxygen atoms in total. The van der Waals surface area contributed by atoms with Crippen molar-refractivity contribution in [1.29, 1.82) is 0 Å². The zero-order valence-corrected chi connectivity index (χ0v) is 14.5. The number of carbonyl (C=O) groups is 1. The fraction of sp³-hybridized carbons (Fsp3) is 0.250. The third kappa shape index (κ3) is 4.32. The third-order valence-corrected chi connectivity index (χ3v) is 3.91. The number of anilines is 1. The second kappa shape index (κ2) is 7.75. The van der Waals surface area contributed by atoms with Gasteiger partial charge in [0.25, 0.3) is 5.89 Å². The molecule has 3 rings (SSSR count). The summed E-state index contributed by atoms with van der Waals surface area (Å²) in [6.45, 7) is 4.10.